The normalized spacial score (nSPS) is 11.0. The van der Waals surface area contributed by atoms with Crippen LogP contribution in [0.3, 0.4) is 0 Å². The summed E-state index contributed by atoms with van der Waals surface area (Å²) in [5.74, 6) is 3.37. The van der Waals surface area contributed by atoms with Crippen molar-refractivity contribution in [3.8, 4) is 0 Å². The van der Waals surface area contributed by atoms with Crippen LogP contribution in [-0.4, -0.2) is 15.0 Å². The molecule has 5 rings (SSSR count). The Morgan fingerprint density at radius 2 is 0.818 bits per heavy atom. The Hall–Kier alpha value is -4.51. The molecule has 3 heterocycles. The topological polar surface area (TPSA) is 45.2 Å². The first-order valence-corrected chi connectivity index (χ1v) is 16.3. The zero-order valence-electron chi connectivity index (χ0n) is 26.7. The van der Waals surface area contributed by atoms with Crippen LogP contribution in [0.5, 0.6) is 0 Å². The van der Waals surface area contributed by atoms with Gasteiger partial charge in [0, 0.05) is 23.8 Å². The van der Waals surface area contributed by atoms with Crippen LogP contribution in [0.25, 0.3) is 0 Å². The number of benzene rings is 2. The second kappa shape index (κ2) is 15.3. The zero-order chi connectivity index (χ0) is 30.7. The molecule has 5 nitrogen and oxygen atoms in total. The van der Waals surface area contributed by atoms with Crippen molar-refractivity contribution < 1.29 is 0 Å². The molecule has 226 valence electrons. The van der Waals surface area contributed by atoms with Crippen LogP contribution in [0.1, 0.15) is 75.6 Å². The summed E-state index contributed by atoms with van der Waals surface area (Å²) in [5, 5.41) is 0. The standard InChI is InChI=1S/C39H45N5/c1-5-12-30-16-9-18-34(26-30)43(38-28-32(14-7-3)22-24-40-38)36-20-11-21-37(42-36)44(35-19-10-17-31(27-35)13-6-2)39-29-33(15-8-4)23-25-41-39/h9-11,16-29H,5-8,12-15H2,1-4H3. The van der Waals surface area contributed by atoms with Gasteiger partial charge in [-0.2, -0.15) is 0 Å². The minimum Gasteiger partial charge on any atom is -0.279 e. The van der Waals surface area contributed by atoms with Crippen LogP contribution in [0.4, 0.5) is 34.6 Å². The predicted molar refractivity (Wildman–Crippen MR) is 185 cm³/mol. The number of aromatic nitrogens is 3. The van der Waals surface area contributed by atoms with Gasteiger partial charge in [-0.3, -0.25) is 9.80 Å². The van der Waals surface area contributed by atoms with Gasteiger partial charge in [-0.1, -0.05) is 83.7 Å². The van der Waals surface area contributed by atoms with Gasteiger partial charge < -0.3 is 0 Å². The van der Waals surface area contributed by atoms with Gasteiger partial charge in [0.05, 0.1) is 0 Å². The number of hydrogen-bond donors (Lipinski definition) is 0. The van der Waals surface area contributed by atoms with E-state index in [-0.39, 0.29) is 0 Å². The number of aryl methyl sites for hydroxylation is 4. The van der Waals surface area contributed by atoms with E-state index in [4.69, 9.17) is 15.0 Å². The highest BCUT2D eigenvalue weighted by atomic mass is 15.3. The summed E-state index contributed by atoms with van der Waals surface area (Å²) in [5.41, 5.74) is 7.27. The van der Waals surface area contributed by atoms with E-state index in [9.17, 15) is 0 Å². The largest absolute Gasteiger partial charge is 0.279 e. The summed E-state index contributed by atoms with van der Waals surface area (Å²) in [7, 11) is 0. The monoisotopic (exact) mass is 583 g/mol. The summed E-state index contributed by atoms with van der Waals surface area (Å²) < 4.78 is 0. The van der Waals surface area contributed by atoms with Crippen LogP contribution in [0.2, 0.25) is 0 Å². The third-order valence-corrected chi connectivity index (χ3v) is 7.75. The molecule has 0 unspecified atom stereocenters. The summed E-state index contributed by atoms with van der Waals surface area (Å²) >= 11 is 0. The Morgan fingerprint density at radius 1 is 0.432 bits per heavy atom. The minimum atomic E-state index is 0.816. The fourth-order valence-electron chi connectivity index (χ4n) is 5.76. The van der Waals surface area contributed by atoms with E-state index >= 15 is 0 Å². The fourth-order valence-corrected chi connectivity index (χ4v) is 5.76. The van der Waals surface area contributed by atoms with Gasteiger partial charge in [0.15, 0.2) is 0 Å². The lowest BCUT2D eigenvalue weighted by Gasteiger charge is -2.28. The molecule has 0 aliphatic heterocycles. The molecule has 5 heteroatoms. The first kappa shape index (κ1) is 30.9. The van der Waals surface area contributed by atoms with Gasteiger partial charge in [-0.25, -0.2) is 15.0 Å². The van der Waals surface area contributed by atoms with Gasteiger partial charge in [0.2, 0.25) is 0 Å². The van der Waals surface area contributed by atoms with E-state index in [0.717, 1.165) is 86.0 Å². The molecule has 0 bridgehead atoms. The fraction of sp³-hybridized carbons (Fsp3) is 0.308. The van der Waals surface area contributed by atoms with Gasteiger partial charge in [-0.15, -0.1) is 0 Å². The van der Waals surface area contributed by atoms with E-state index in [1.807, 2.05) is 12.4 Å². The molecule has 0 N–H and O–H groups in total. The molecule has 0 atom stereocenters. The Morgan fingerprint density at radius 3 is 1.23 bits per heavy atom. The van der Waals surface area contributed by atoms with Crippen molar-refractivity contribution in [2.75, 3.05) is 9.80 Å². The van der Waals surface area contributed by atoms with Crippen LogP contribution in [-0.2, 0) is 25.7 Å². The number of rotatable bonds is 14. The van der Waals surface area contributed by atoms with Gasteiger partial charge in [0.1, 0.15) is 23.3 Å². The summed E-state index contributed by atoms with van der Waals surface area (Å²) in [4.78, 5) is 19.5. The average molecular weight is 584 g/mol. The lowest BCUT2D eigenvalue weighted by molar-refractivity contribution is 0.914. The summed E-state index contributed by atoms with van der Waals surface area (Å²) in [6.45, 7) is 8.87. The second-order valence-electron chi connectivity index (χ2n) is 11.4. The maximum atomic E-state index is 5.35. The highest BCUT2D eigenvalue weighted by Crippen LogP contribution is 2.38. The maximum absolute atomic E-state index is 5.35. The Labute approximate surface area is 263 Å². The molecule has 3 aromatic heterocycles. The third kappa shape index (κ3) is 7.52. The van der Waals surface area contributed by atoms with Crippen LogP contribution in [0, 0.1) is 0 Å². The molecule has 0 radical (unpaired) electrons. The van der Waals surface area contributed by atoms with Crippen molar-refractivity contribution in [1.82, 2.24) is 15.0 Å². The molecule has 0 aliphatic rings. The van der Waals surface area contributed by atoms with E-state index in [1.54, 1.807) is 0 Å². The van der Waals surface area contributed by atoms with Gasteiger partial charge in [-0.05, 0) is 109 Å². The van der Waals surface area contributed by atoms with E-state index in [1.165, 1.54) is 22.3 Å². The molecule has 0 fully saturated rings. The molecule has 0 saturated heterocycles. The third-order valence-electron chi connectivity index (χ3n) is 7.75. The van der Waals surface area contributed by atoms with Crippen molar-refractivity contribution in [1.29, 1.82) is 0 Å². The van der Waals surface area contributed by atoms with Crippen molar-refractivity contribution >= 4 is 34.6 Å². The molecule has 0 aliphatic carbocycles. The molecule has 0 spiro atoms. The van der Waals surface area contributed by atoms with E-state index in [0.29, 0.717) is 0 Å². The Balaban J connectivity index is 1.67. The predicted octanol–water partition coefficient (Wildman–Crippen LogP) is 10.6. The van der Waals surface area contributed by atoms with Crippen molar-refractivity contribution in [3.05, 3.63) is 126 Å². The van der Waals surface area contributed by atoms with Gasteiger partial charge in [0.25, 0.3) is 0 Å². The van der Waals surface area contributed by atoms with Crippen LogP contribution < -0.4 is 9.80 Å². The molecule has 2 aromatic carbocycles. The average Bonchev–Trinajstić information content (AvgIpc) is 3.03. The Kier molecular flexibility index (Phi) is 10.7. The van der Waals surface area contributed by atoms with E-state index in [2.05, 4.69) is 128 Å². The number of hydrogen-bond acceptors (Lipinski definition) is 5. The van der Waals surface area contributed by atoms with E-state index < -0.39 is 0 Å². The SMILES string of the molecule is CCCc1cccc(N(c2cc(CCC)ccn2)c2cccc(N(c3cccc(CCC)c3)c3cc(CCC)ccn3)n2)c1. The molecular weight excluding hydrogens is 538 g/mol. The Bertz CT molecular complexity index is 1430. The number of anilines is 6. The van der Waals surface area contributed by atoms with Gasteiger partial charge >= 0.3 is 0 Å². The number of nitrogens with zero attached hydrogens (tertiary/aromatic N) is 5. The molecular formula is C39H45N5. The lowest BCUT2D eigenvalue weighted by atomic mass is 10.1. The lowest BCUT2D eigenvalue weighted by Crippen LogP contribution is -2.17. The minimum absolute atomic E-state index is 0.816. The molecule has 5 aromatic rings. The van der Waals surface area contributed by atoms with Crippen molar-refractivity contribution in [3.63, 3.8) is 0 Å². The first-order valence-electron chi connectivity index (χ1n) is 16.3. The molecule has 44 heavy (non-hydrogen) atoms. The first-order chi connectivity index (χ1) is 21.6. The maximum Gasteiger partial charge on any atom is 0.141 e. The zero-order valence-corrected chi connectivity index (χ0v) is 26.7. The molecule has 0 saturated carbocycles. The van der Waals surface area contributed by atoms with Crippen molar-refractivity contribution in [2.24, 2.45) is 0 Å². The van der Waals surface area contributed by atoms with Crippen molar-refractivity contribution in [2.45, 2.75) is 79.1 Å². The number of pyridine rings is 3. The molecule has 0 amide bonds. The second-order valence-corrected chi connectivity index (χ2v) is 11.4. The quantitative estimate of drug-likeness (QED) is 0.130. The smallest absolute Gasteiger partial charge is 0.141 e. The highest BCUT2D eigenvalue weighted by molar-refractivity contribution is 5.77. The summed E-state index contributed by atoms with van der Waals surface area (Å²) in [6, 6.07) is 32.4. The highest BCUT2D eigenvalue weighted by Gasteiger charge is 2.21. The summed E-state index contributed by atoms with van der Waals surface area (Å²) in [6.07, 6.45) is 12.3. The van der Waals surface area contributed by atoms with Crippen LogP contribution in [0.15, 0.2) is 103 Å². The van der Waals surface area contributed by atoms with Crippen LogP contribution >= 0.6 is 0 Å².